The molecule has 0 aliphatic rings. The highest BCUT2D eigenvalue weighted by molar-refractivity contribution is 5.77. The number of fused-ring (bicyclic) bond motifs is 1. The lowest BCUT2D eigenvalue weighted by molar-refractivity contribution is 0.415. The minimum atomic E-state index is 0.871. The molecule has 0 saturated heterocycles. The third kappa shape index (κ3) is 3.31. The van der Waals surface area contributed by atoms with Crippen LogP contribution in [0.15, 0.2) is 18.2 Å². The number of rotatable bonds is 8. The largest absolute Gasteiger partial charge is 0.497 e. The van der Waals surface area contributed by atoms with Gasteiger partial charge in [0.1, 0.15) is 11.6 Å². The topological polar surface area (TPSA) is 39.1 Å². The van der Waals surface area contributed by atoms with E-state index < -0.39 is 0 Å². The second kappa shape index (κ2) is 7.29. The number of nitrogens with one attached hydrogen (secondary N) is 1. The van der Waals surface area contributed by atoms with Crippen LogP contribution in [0.1, 0.15) is 32.0 Å². The predicted molar refractivity (Wildman–Crippen MR) is 83.4 cm³/mol. The van der Waals surface area contributed by atoms with E-state index in [1.807, 2.05) is 19.2 Å². The first kappa shape index (κ1) is 14.9. The highest BCUT2D eigenvalue weighted by atomic mass is 16.5. The number of methoxy groups -OCH3 is 1. The zero-order valence-corrected chi connectivity index (χ0v) is 12.8. The van der Waals surface area contributed by atoms with E-state index in [1.165, 1.54) is 30.6 Å². The van der Waals surface area contributed by atoms with Gasteiger partial charge >= 0.3 is 0 Å². The number of ether oxygens (including phenoxy) is 1. The smallest absolute Gasteiger partial charge is 0.121 e. The first-order valence-electron chi connectivity index (χ1n) is 7.48. The van der Waals surface area contributed by atoms with E-state index in [1.54, 1.807) is 7.11 Å². The van der Waals surface area contributed by atoms with E-state index >= 15 is 0 Å². The molecule has 20 heavy (non-hydrogen) atoms. The standard InChI is InChI=1S/C16H25N3O/c1-4-5-6-11-19-15-8-7-13(20-3)12-14(15)18-16(19)9-10-17-2/h7-8,12,17H,4-6,9-11H2,1-3H3. The molecule has 2 rings (SSSR count). The molecular weight excluding hydrogens is 250 g/mol. The number of aryl methyl sites for hydroxylation is 1. The highest BCUT2D eigenvalue weighted by Gasteiger charge is 2.10. The molecule has 0 aliphatic heterocycles. The van der Waals surface area contributed by atoms with Gasteiger partial charge in [0.2, 0.25) is 0 Å². The molecule has 1 N–H and O–H groups in total. The van der Waals surface area contributed by atoms with Gasteiger partial charge < -0.3 is 14.6 Å². The molecule has 1 heterocycles. The maximum absolute atomic E-state index is 5.29. The number of unbranched alkanes of at least 4 members (excludes halogenated alkanes) is 2. The summed E-state index contributed by atoms with van der Waals surface area (Å²) in [6.45, 7) is 4.24. The summed E-state index contributed by atoms with van der Waals surface area (Å²) in [6.07, 6.45) is 4.67. The molecule has 0 bridgehead atoms. The van der Waals surface area contributed by atoms with Crippen molar-refractivity contribution in [2.45, 2.75) is 39.2 Å². The predicted octanol–water partition coefficient (Wildman–Crippen LogP) is 3.00. The minimum absolute atomic E-state index is 0.871. The molecule has 0 saturated carbocycles. The number of nitrogens with zero attached hydrogens (tertiary/aromatic N) is 2. The monoisotopic (exact) mass is 275 g/mol. The normalized spacial score (nSPS) is 11.2. The maximum Gasteiger partial charge on any atom is 0.121 e. The number of aromatic nitrogens is 2. The molecule has 2 aromatic rings. The molecule has 0 radical (unpaired) electrons. The zero-order valence-electron chi connectivity index (χ0n) is 12.8. The van der Waals surface area contributed by atoms with Gasteiger partial charge in [-0.2, -0.15) is 0 Å². The number of hydrogen-bond acceptors (Lipinski definition) is 3. The molecule has 4 heteroatoms. The Bertz CT molecular complexity index is 548. The third-order valence-electron chi connectivity index (χ3n) is 3.62. The molecule has 0 atom stereocenters. The Balaban J connectivity index is 2.32. The van der Waals surface area contributed by atoms with Crippen LogP contribution < -0.4 is 10.1 Å². The summed E-state index contributed by atoms with van der Waals surface area (Å²) >= 11 is 0. The summed E-state index contributed by atoms with van der Waals surface area (Å²) in [5.74, 6) is 2.04. The molecule has 0 amide bonds. The molecular formula is C16H25N3O. The fraction of sp³-hybridized carbons (Fsp3) is 0.562. The van der Waals surface area contributed by atoms with E-state index in [2.05, 4.69) is 22.9 Å². The SMILES string of the molecule is CCCCCn1c(CCNC)nc2cc(OC)ccc21. The van der Waals surface area contributed by atoms with E-state index in [-0.39, 0.29) is 0 Å². The van der Waals surface area contributed by atoms with Crippen molar-refractivity contribution in [1.82, 2.24) is 14.9 Å². The molecule has 4 nitrogen and oxygen atoms in total. The fourth-order valence-electron chi connectivity index (χ4n) is 2.48. The van der Waals surface area contributed by atoms with Crippen molar-refractivity contribution in [3.05, 3.63) is 24.0 Å². The van der Waals surface area contributed by atoms with Crippen LogP contribution in [0.25, 0.3) is 11.0 Å². The summed E-state index contributed by atoms with van der Waals surface area (Å²) in [6, 6.07) is 6.16. The quantitative estimate of drug-likeness (QED) is 0.753. The number of likely N-dealkylation sites (N-methyl/N-ethyl adjacent to an activating group) is 1. The van der Waals surface area contributed by atoms with Crippen molar-refractivity contribution in [2.75, 3.05) is 20.7 Å². The van der Waals surface area contributed by atoms with Crippen LogP contribution in [-0.4, -0.2) is 30.3 Å². The zero-order chi connectivity index (χ0) is 14.4. The van der Waals surface area contributed by atoms with Crippen LogP contribution in [0, 0.1) is 0 Å². The lowest BCUT2D eigenvalue weighted by atomic mass is 10.2. The van der Waals surface area contributed by atoms with Gasteiger partial charge in [-0.25, -0.2) is 4.98 Å². The summed E-state index contributed by atoms with van der Waals surface area (Å²) in [7, 11) is 3.68. The van der Waals surface area contributed by atoms with Crippen molar-refractivity contribution in [3.8, 4) is 5.75 Å². The molecule has 0 aliphatic carbocycles. The van der Waals surface area contributed by atoms with Crippen molar-refractivity contribution in [2.24, 2.45) is 0 Å². The van der Waals surface area contributed by atoms with E-state index in [0.29, 0.717) is 0 Å². The molecule has 1 aromatic carbocycles. The van der Waals surface area contributed by atoms with Gasteiger partial charge in [-0.15, -0.1) is 0 Å². The minimum Gasteiger partial charge on any atom is -0.497 e. The number of hydrogen-bond donors (Lipinski definition) is 1. The lowest BCUT2D eigenvalue weighted by Crippen LogP contribution is -2.14. The Hall–Kier alpha value is -1.55. The first-order chi connectivity index (χ1) is 9.80. The van der Waals surface area contributed by atoms with Gasteiger partial charge in [-0.05, 0) is 25.6 Å². The molecule has 0 spiro atoms. The van der Waals surface area contributed by atoms with Gasteiger partial charge in [-0.3, -0.25) is 0 Å². The van der Waals surface area contributed by atoms with Crippen LogP contribution in [0.2, 0.25) is 0 Å². The Morgan fingerprint density at radius 2 is 2.15 bits per heavy atom. The lowest BCUT2D eigenvalue weighted by Gasteiger charge is -2.09. The van der Waals surface area contributed by atoms with Crippen LogP contribution in [0.3, 0.4) is 0 Å². The Morgan fingerprint density at radius 1 is 1.30 bits per heavy atom. The van der Waals surface area contributed by atoms with Crippen LogP contribution in [0.5, 0.6) is 5.75 Å². The average Bonchev–Trinajstić information content (AvgIpc) is 2.82. The van der Waals surface area contributed by atoms with Crippen molar-refractivity contribution in [3.63, 3.8) is 0 Å². The van der Waals surface area contributed by atoms with Crippen molar-refractivity contribution in [1.29, 1.82) is 0 Å². The van der Waals surface area contributed by atoms with Crippen molar-refractivity contribution < 1.29 is 4.74 Å². The second-order valence-electron chi connectivity index (χ2n) is 5.09. The molecule has 1 aromatic heterocycles. The first-order valence-corrected chi connectivity index (χ1v) is 7.48. The maximum atomic E-state index is 5.29. The van der Waals surface area contributed by atoms with Gasteiger partial charge in [0, 0.05) is 25.6 Å². The van der Waals surface area contributed by atoms with Crippen LogP contribution in [-0.2, 0) is 13.0 Å². The van der Waals surface area contributed by atoms with E-state index in [4.69, 9.17) is 9.72 Å². The Labute approximate surface area is 121 Å². The van der Waals surface area contributed by atoms with Gasteiger partial charge in [0.25, 0.3) is 0 Å². The summed E-state index contributed by atoms with van der Waals surface area (Å²) < 4.78 is 7.65. The van der Waals surface area contributed by atoms with Crippen molar-refractivity contribution >= 4 is 11.0 Å². The van der Waals surface area contributed by atoms with E-state index in [0.717, 1.165) is 30.8 Å². The van der Waals surface area contributed by atoms with Crippen LogP contribution in [0.4, 0.5) is 0 Å². The van der Waals surface area contributed by atoms with Gasteiger partial charge in [0.05, 0.1) is 18.1 Å². The Kier molecular flexibility index (Phi) is 5.41. The molecule has 0 unspecified atom stereocenters. The number of imidazole rings is 1. The van der Waals surface area contributed by atoms with Gasteiger partial charge in [-0.1, -0.05) is 19.8 Å². The van der Waals surface area contributed by atoms with E-state index in [9.17, 15) is 0 Å². The second-order valence-corrected chi connectivity index (χ2v) is 5.09. The van der Waals surface area contributed by atoms with Gasteiger partial charge in [0.15, 0.2) is 0 Å². The average molecular weight is 275 g/mol. The number of benzene rings is 1. The summed E-state index contributed by atoms with van der Waals surface area (Å²) in [5, 5.41) is 3.20. The molecule has 0 fully saturated rings. The summed E-state index contributed by atoms with van der Waals surface area (Å²) in [4.78, 5) is 4.78. The molecule has 110 valence electrons. The Morgan fingerprint density at radius 3 is 2.85 bits per heavy atom. The van der Waals surface area contributed by atoms with Crippen LogP contribution >= 0.6 is 0 Å². The highest BCUT2D eigenvalue weighted by Crippen LogP contribution is 2.22. The third-order valence-corrected chi connectivity index (χ3v) is 3.62. The fourth-order valence-corrected chi connectivity index (χ4v) is 2.48. The summed E-state index contributed by atoms with van der Waals surface area (Å²) in [5.41, 5.74) is 2.25.